The van der Waals surface area contributed by atoms with Crippen LogP contribution in [0.2, 0.25) is 19.6 Å². The van der Waals surface area contributed by atoms with Gasteiger partial charge in [-0.1, -0.05) is 6.08 Å². The van der Waals surface area contributed by atoms with Crippen LogP contribution in [0, 0.1) is 0 Å². The first-order valence-corrected chi connectivity index (χ1v) is 10.3. The first kappa shape index (κ1) is 14.7. The van der Waals surface area contributed by atoms with Gasteiger partial charge in [0, 0.05) is 30.7 Å². The van der Waals surface area contributed by atoms with Crippen molar-refractivity contribution in [2.75, 3.05) is 6.54 Å². The lowest BCUT2D eigenvalue weighted by molar-refractivity contribution is 0.418. The number of hydrogen-bond donors (Lipinski definition) is 2. The Kier molecular flexibility index (Phi) is 4.52. The fourth-order valence-electron chi connectivity index (χ4n) is 1.99. The van der Waals surface area contributed by atoms with Gasteiger partial charge in [0.2, 0.25) is 8.32 Å². The average Bonchev–Trinajstić information content (AvgIpc) is 2.38. The van der Waals surface area contributed by atoms with Crippen molar-refractivity contribution in [2.45, 2.75) is 26.1 Å². The number of nitrogens with two attached hydrogens (primary N) is 1. The lowest BCUT2D eigenvalue weighted by Crippen LogP contribution is -2.28. The lowest BCUT2D eigenvalue weighted by Gasteiger charge is -2.26. The summed E-state index contributed by atoms with van der Waals surface area (Å²) in [6, 6.07) is 0. The van der Waals surface area contributed by atoms with E-state index in [-0.39, 0.29) is 0 Å². The molecule has 5 heteroatoms. The molecule has 0 aromatic rings. The zero-order valence-corrected chi connectivity index (χ0v) is 13.4. The van der Waals surface area contributed by atoms with Crippen LogP contribution in [0.3, 0.4) is 0 Å². The van der Waals surface area contributed by atoms with Gasteiger partial charge in [-0.3, -0.25) is 5.01 Å². The fraction of sp³-hybridized carbons (Fsp3) is 0.333. The highest BCUT2D eigenvalue weighted by Crippen LogP contribution is 2.26. The topological polar surface area (TPSA) is 50.5 Å². The molecule has 0 atom stereocenters. The van der Waals surface area contributed by atoms with Crippen molar-refractivity contribution in [2.24, 2.45) is 5.73 Å². The van der Waals surface area contributed by atoms with Crippen molar-refractivity contribution >= 4 is 8.32 Å². The van der Waals surface area contributed by atoms with E-state index in [0.717, 1.165) is 17.8 Å². The van der Waals surface area contributed by atoms with E-state index in [1.165, 1.54) is 5.57 Å². The molecule has 1 aliphatic heterocycles. The zero-order valence-electron chi connectivity index (χ0n) is 12.4. The lowest BCUT2D eigenvalue weighted by atomic mass is 10.0. The molecule has 0 radical (unpaired) electrons. The Morgan fingerprint density at radius 1 is 1.40 bits per heavy atom. The highest BCUT2D eigenvalue weighted by atomic mass is 28.4. The van der Waals surface area contributed by atoms with Gasteiger partial charge in [-0.15, -0.1) is 0 Å². The largest absolute Gasteiger partial charge is 0.544 e. The standard InChI is InChI=1S/C15H23N3OSi/c1-20(2,3)19-15-10-13(6-7-14(15)11-16)12-18-9-5-4-8-17-18/h4-5,7-10,12,17H,6,11,16H2,1-3H3. The normalized spacial score (nSPS) is 20.6. The third-order valence-corrected chi connectivity index (χ3v) is 3.67. The molecule has 0 fully saturated rings. The summed E-state index contributed by atoms with van der Waals surface area (Å²) >= 11 is 0. The maximum Gasteiger partial charge on any atom is 0.242 e. The number of rotatable bonds is 4. The molecule has 20 heavy (non-hydrogen) atoms. The first-order chi connectivity index (χ1) is 9.48. The summed E-state index contributed by atoms with van der Waals surface area (Å²) in [5.41, 5.74) is 11.2. The number of allylic oxidation sites excluding steroid dienone is 5. The van der Waals surface area contributed by atoms with Crippen molar-refractivity contribution in [3.05, 3.63) is 59.8 Å². The van der Waals surface area contributed by atoms with E-state index in [0.29, 0.717) is 6.54 Å². The Morgan fingerprint density at radius 3 is 2.80 bits per heavy atom. The molecule has 4 nitrogen and oxygen atoms in total. The molecule has 0 saturated carbocycles. The van der Waals surface area contributed by atoms with Crippen molar-refractivity contribution in [1.82, 2.24) is 10.4 Å². The van der Waals surface area contributed by atoms with Gasteiger partial charge in [0.05, 0.1) is 0 Å². The van der Waals surface area contributed by atoms with Crippen LogP contribution >= 0.6 is 0 Å². The molecule has 0 aromatic heterocycles. The molecule has 3 N–H and O–H groups in total. The number of hydrazine groups is 1. The van der Waals surface area contributed by atoms with Gasteiger partial charge >= 0.3 is 0 Å². The highest BCUT2D eigenvalue weighted by Gasteiger charge is 2.21. The SMILES string of the molecule is C[Si](C)(C)OC1=CC(=CN2C=CC=CN2)CC=C1CN. The number of nitrogens with one attached hydrogen (secondary N) is 1. The van der Waals surface area contributed by atoms with E-state index in [2.05, 4.69) is 43.4 Å². The van der Waals surface area contributed by atoms with E-state index < -0.39 is 8.32 Å². The number of nitrogens with zero attached hydrogens (tertiary/aromatic N) is 1. The van der Waals surface area contributed by atoms with Crippen molar-refractivity contribution in [3.63, 3.8) is 0 Å². The summed E-state index contributed by atoms with van der Waals surface area (Å²) in [6.07, 6.45) is 15.0. The molecule has 1 heterocycles. The smallest absolute Gasteiger partial charge is 0.242 e. The Hall–Kier alpha value is -1.72. The first-order valence-electron chi connectivity index (χ1n) is 6.87. The second-order valence-corrected chi connectivity index (χ2v) is 10.2. The van der Waals surface area contributed by atoms with Gasteiger partial charge < -0.3 is 15.6 Å². The van der Waals surface area contributed by atoms with Gasteiger partial charge in [0.1, 0.15) is 5.76 Å². The molecule has 0 aromatic carbocycles. The quantitative estimate of drug-likeness (QED) is 0.781. The van der Waals surface area contributed by atoms with Crippen molar-refractivity contribution in [1.29, 1.82) is 0 Å². The predicted molar refractivity (Wildman–Crippen MR) is 85.6 cm³/mol. The Bertz CT molecular complexity index is 510. The summed E-state index contributed by atoms with van der Waals surface area (Å²) in [5.74, 6) is 0.931. The van der Waals surface area contributed by atoms with Crippen LogP contribution in [0.5, 0.6) is 0 Å². The van der Waals surface area contributed by atoms with Crippen LogP contribution in [-0.4, -0.2) is 19.9 Å². The van der Waals surface area contributed by atoms with Gasteiger partial charge in [0.25, 0.3) is 0 Å². The molecule has 0 saturated heterocycles. The van der Waals surface area contributed by atoms with Crippen molar-refractivity contribution < 1.29 is 4.43 Å². The van der Waals surface area contributed by atoms with Crippen LogP contribution in [0.25, 0.3) is 0 Å². The van der Waals surface area contributed by atoms with E-state index >= 15 is 0 Å². The minimum Gasteiger partial charge on any atom is -0.544 e. The van der Waals surface area contributed by atoms with E-state index in [4.69, 9.17) is 10.2 Å². The highest BCUT2D eigenvalue weighted by molar-refractivity contribution is 6.70. The Balaban J connectivity index is 2.17. The summed E-state index contributed by atoms with van der Waals surface area (Å²) in [7, 11) is -1.63. The van der Waals surface area contributed by atoms with E-state index in [1.807, 2.05) is 29.6 Å². The second-order valence-electron chi connectivity index (χ2n) is 5.80. The molecule has 1 aliphatic carbocycles. The van der Waals surface area contributed by atoms with Crippen molar-refractivity contribution in [3.8, 4) is 0 Å². The van der Waals surface area contributed by atoms with Crippen LogP contribution < -0.4 is 11.2 Å². The molecular formula is C15H23N3OSi. The monoisotopic (exact) mass is 289 g/mol. The average molecular weight is 289 g/mol. The molecule has 0 spiro atoms. The minimum atomic E-state index is -1.63. The zero-order chi connectivity index (χ0) is 14.6. The van der Waals surface area contributed by atoms with Crippen LogP contribution in [-0.2, 0) is 4.43 Å². The molecule has 108 valence electrons. The summed E-state index contributed by atoms with van der Waals surface area (Å²) in [5, 5.41) is 1.93. The molecule has 2 aliphatic rings. The summed E-state index contributed by atoms with van der Waals surface area (Å²) in [4.78, 5) is 0. The van der Waals surface area contributed by atoms with Crippen LogP contribution in [0.15, 0.2) is 59.8 Å². The third kappa shape index (κ3) is 4.14. The van der Waals surface area contributed by atoms with Crippen LogP contribution in [0.1, 0.15) is 6.42 Å². The van der Waals surface area contributed by atoms with Crippen LogP contribution in [0.4, 0.5) is 0 Å². The van der Waals surface area contributed by atoms with Gasteiger partial charge in [-0.25, -0.2) is 0 Å². The predicted octanol–water partition coefficient (Wildman–Crippen LogP) is 2.74. The fourth-order valence-corrected chi connectivity index (χ4v) is 2.84. The maximum atomic E-state index is 6.14. The third-order valence-electron chi connectivity index (χ3n) is 2.84. The Labute approximate surface area is 122 Å². The maximum absolute atomic E-state index is 6.14. The van der Waals surface area contributed by atoms with E-state index in [1.54, 1.807) is 0 Å². The van der Waals surface area contributed by atoms with E-state index in [9.17, 15) is 0 Å². The molecule has 0 amide bonds. The minimum absolute atomic E-state index is 0.522. The molecular weight excluding hydrogens is 266 g/mol. The summed E-state index contributed by atoms with van der Waals surface area (Å²) in [6.45, 7) is 7.06. The molecule has 0 unspecified atom stereocenters. The Morgan fingerprint density at radius 2 is 2.20 bits per heavy atom. The summed E-state index contributed by atoms with van der Waals surface area (Å²) < 4.78 is 6.14. The number of hydrogen-bond acceptors (Lipinski definition) is 4. The van der Waals surface area contributed by atoms with Gasteiger partial charge in [0.15, 0.2) is 0 Å². The van der Waals surface area contributed by atoms with Gasteiger partial charge in [-0.2, -0.15) is 0 Å². The molecule has 0 bridgehead atoms. The second kappa shape index (κ2) is 6.15. The molecule has 2 rings (SSSR count). The van der Waals surface area contributed by atoms with Gasteiger partial charge in [-0.05, 0) is 49.9 Å².